The highest BCUT2D eigenvalue weighted by molar-refractivity contribution is 5.05. The lowest BCUT2D eigenvalue weighted by Crippen LogP contribution is -2.45. The van der Waals surface area contributed by atoms with Gasteiger partial charge in [0.05, 0.1) is 6.04 Å². The summed E-state index contributed by atoms with van der Waals surface area (Å²) in [5, 5.41) is 8.78. The van der Waals surface area contributed by atoms with E-state index in [4.69, 9.17) is 5.73 Å². The van der Waals surface area contributed by atoms with Gasteiger partial charge in [-0.25, -0.2) is 0 Å². The minimum absolute atomic E-state index is 0.0811. The molecule has 0 aromatic carbocycles. The Labute approximate surface area is 121 Å². The number of rotatable bonds is 3. The van der Waals surface area contributed by atoms with Crippen molar-refractivity contribution in [2.75, 3.05) is 6.54 Å². The van der Waals surface area contributed by atoms with E-state index in [-0.39, 0.29) is 6.04 Å². The first-order valence-corrected chi connectivity index (χ1v) is 8.10. The molecular formula is C15H27N5. The molecule has 2 unspecified atom stereocenters. The largest absolute Gasteiger partial charge is 0.321 e. The number of aromatic nitrogens is 3. The Hall–Kier alpha value is -0.940. The average Bonchev–Trinajstić information content (AvgIpc) is 2.84. The van der Waals surface area contributed by atoms with Crippen molar-refractivity contribution >= 4 is 0 Å². The van der Waals surface area contributed by atoms with Gasteiger partial charge < -0.3 is 10.3 Å². The topological polar surface area (TPSA) is 60.0 Å². The lowest BCUT2D eigenvalue weighted by molar-refractivity contribution is 0.109. The van der Waals surface area contributed by atoms with E-state index in [1.54, 1.807) is 0 Å². The van der Waals surface area contributed by atoms with Crippen molar-refractivity contribution in [3.63, 3.8) is 0 Å². The van der Waals surface area contributed by atoms with Gasteiger partial charge in [0.2, 0.25) is 0 Å². The summed E-state index contributed by atoms with van der Waals surface area (Å²) in [7, 11) is 0. The van der Waals surface area contributed by atoms with Crippen LogP contribution in [0.1, 0.15) is 63.6 Å². The predicted octanol–water partition coefficient (Wildman–Crippen LogP) is 1.88. The van der Waals surface area contributed by atoms with Crippen LogP contribution in [-0.2, 0) is 13.0 Å². The first-order valence-electron chi connectivity index (χ1n) is 8.10. The smallest absolute Gasteiger partial charge is 0.149 e. The zero-order valence-electron chi connectivity index (χ0n) is 12.8. The molecule has 0 amide bonds. The lowest BCUT2D eigenvalue weighted by atomic mass is 9.97. The van der Waals surface area contributed by atoms with Gasteiger partial charge in [0, 0.05) is 25.0 Å². The SMILES string of the molecule is CC(C)N1CCCCC1Cc1nnc2n1CCCC2N. The van der Waals surface area contributed by atoms with Crippen LogP contribution < -0.4 is 5.73 Å². The fourth-order valence-electron chi connectivity index (χ4n) is 3.75. The normalized spacial score (nSPS) is 27.8. The molecule has 0 aliphatic carbocycles. The van der Waals surface area contributed by atoms with E-state index in [0.717, 1.165) is 37.5 Å². The zero-order valence-corrected chi connectivity index (χ0v) is 12.8. The number of nitrogens with two attached hydrogens (primary N) is 1. The van der Waals surface area contributed by atoms with Crippen molar-refractivity contribution < 1.29 is 0 Å². The molecule has 0 spiro atoms. The molecule has 2 aliphatic rings. The first-order chi connectivity index (χ1) is 9.66. The van der Waals surface area contributed by atoms with Gasteiger partial charge in [0.25, 0.3) is 0 Å². The molecule has 0 radical (unpaired) electrons. The molecule has 1 saturated heterocycles. The molecule has 1 aromatic heterocycles. The summed E-state index contributed by atoms with van der Waals surface area (Å²) in [5.41, 5.74) is 6.13. The second-order valence-corrected chi connectivity index (χ2v) is 6.56. The van der Waals surface area contributed by atoms with E-state index in [1.807, 2.05) is 0 Å². The molecule has 1 fully saturated rings. The molecular weight excluding hydrogens is 250 g/mol. The van der Waals surface area contributed by atoms with E-state index in [0.29, 0.717) is 12.1 Å². The molecule has 2 N–H and O–H groups in total. The Bertz CT molecular complexity index is 453. The second kappa shape index (κ2) is 5.82. The highest BCUT2D eigenvalue weighted by Crippen LogP contribution is 2.26. The molecule has 3 heterocycles. The van der Waals surface area contributed by atoms with Crippen LogP contribution in [0.25, 0.3) is 0 Å². The Morgan fingerprint density at radius 3 is 2.80 bits per heavy atom. The molecule has 2 aliphatic heterocycles. The fourth-order valence-corrected chi connectivity index (χ4v) is 3.75. The summed E-state index contributed by atoms with van der Waals surface area (Å²) in [5.74, 6) is 2.14. The van der Waals surface area contributed by atoms with Crippen molar-refractivity contribution in [2.45, 2.75) is 77.0 Å². The van der Waals surface area contributed by atoms with Gasteiger partial charge in [-0.1, -0.05) is 6.42 Å². The predicted molar refractivity (Wildman–Crippen MR) is 79.4 cm³/mol. The fraction of sp³-hybridized carbons (Fsp3) is 0.867. The summed E-state index contributed by atoms with van der Waals surface area (Å²) in [6, 6.07) is 1.32. The Morgan fingerprint density at radius 1 is 1.15 bits per heavy atom. The minimum Gasteiger partial charge on any atom is -0.321 e. The molecule has 5 nitrogen and oxygen atoms in total. The van der Waals surface area contributed by atoms with Gasteiger partial charge in [-0.3, -0.25) is 4.90 Å². The maximum atomic E-state index is 6.13. The summed E-state index contributed by atoms with van der Waals surface area (Å²) in [6.07, 6.45) is 7.17. The van der Waals surface area contributed by atoms with Gasteiger partial charge in [-0.15, -0.1) is 10.2 Å². The summed E-state index contributed by atoms with van der Waals surface area (Å²) in [6.45, 7) is 6.86. The van der Waals surface area contributed by atoms with E-state index >= 15 is 0 Å². The first kappa shape index (κ1) is 14.0. The molecule has 0 bridgehead atoms. The Balaban J connectivity index is 1.77. The van der Waals surface area contributed by atoms with Gasteiger partial charge in [-0.05, 0) is 46.1 Å². The van der Waals surface area contributed by atoms with Crippen LogP contribution in [0.2, 0.25) is 0 Å². The van der Waals surface area contributed by atoms with E-state index in [2.05, 4.69) is 33.5 Å². The highest BCUT2D eigenvalue weighted by Gasteiger charge is 2.28. The number of hydrogen-bond acceptors (Lipinski definition) is 4. The summed E-state index contributed by atoms with van der Waals surface area (Å²) in [4.78, 5) is 2.63. The standard InChI is InChI=1S/C15H27N5/c1-11(2)19-8-4-3-6-12(19)10-14-17-18-15-13(16)7-5-9-20(14)15/h11-13H,3-10,16H2,1-2H3. The minimum atomic E-state index is 0.0811. The monoisotopic (exact) mass is 277 g/mol. The van der Waals surface area contributed by atoms with Crippen LogP contribution in [0.3, 0.4) is 0 Å². The zero-order chi connectivity index (χ0) is 14.1. The number of piperidine rings is 1. The summed E-state index contributed by atoms with van der Waals surface area (Å²) >= 11 is 0. The van der Waals surface area contributed by atoms with E-state index in [1.165, 1.54) is 25.8 Å². The van der Waals surface area contributed by atoms with Crippen molar-refractivity contribution in [1.29, 1.82) is 0 Å². The van der Waals surface area contributed by atoms with Crippen LogP contribution in [-0.4, -0.2) is 38.3 Å². The molecule has 0 saturated carbocycles. The van der Waals surface area contributed by atoms with Crippen molar-refractivity contribution in [3.05, 3.63) is 11.6 Å². The van der Waals surface area contributed by atoms with Gasteiger partial charge in [-0.2, -0.15) is 0 Å². The molecule has 2 atom stereocenters. The maximum Gasteiger partial charge on any atom is 0.149 e. The van der Waals surface area contributed by atoms with Gasteiger partial charge in [0.1, 0.15) is 11.6 Å². The lowest BCUT2D eigenvalue weighted by Gasteiger charge is -2.38. The van der Waals surface area contributed by atoms with Gasteiger partial charge in [0.15, 0.2) is 0 Å². The average molecular weight is 277 g/mol. The Kier molecular flexibility index (Phi) is 4.08. The van der Waals surface area contributed by atoms with Crippen LogP contribution in [0.15, 0.2) is 0 Å². The third-order valence-electron chi connectivity index (χ3n) is 4.84. The third kappa shape index (κ3) is 2.61. The van der Waals surface area contributed by atoms with Crippen molar-refractivity contribution in [3.8, 4) is 0 Å². The van der Waals surface area contributed by atoms with Crippen LogP contribution >= 0.6 is 0 Å². The quantitative estimate of drug-likeness (QED) is 0.916. The van der Waals surface area contributed by atoms with Crippen molar-refractivity contribution in [2.24, 2.45) is 5.73 Å². The summed E-state index contributed by atoms with van der Waals surface area (Å²) < 4.78 is 2.28. The van der Waals surface area contributed by atoms with Crippen LogP contribution in [0.5, 0.6) is 0 Å². The number of hydrogen-bond donors (Lipinski definition) is 1. The van der Waals surface area contributed by atoms with E-state index < -0.39 is 0 Å². The molecule has 5 heteroatoms. The molecule has 20 heavy (non-hydrogen) atoms. The highest BCUT2D eigenvalue weighted by atomic mass is 15.3. The molecule has 3 rings (SSSR count). The maximum absolute atomic E-state index is 6.13. The number of likely N-dealkylation sites (tertiary alicyclic amines) is 1. The van der Waals surface area contributed by atoms with Crippen LogP contribution in [0.4, 0.5) is 0 Å². The second-order valence-electron chi connectivity index (χ2n) is 6.56. The third-order valence-corrected chi connectivity index (χ3v) is 4.84. The van der Waals surface area contributed by atoms with Crippen LogP contribution in [0, 0.1) is 0 Å². The number of nitrogens with zero attached hydrogens (tertiary/aromatic N) is 4. The van der Waals surface area contributed by atoms with Gasteiger partial charge >= 0.3 is 0 Å². The van der Waals surface area contributed by atoms with Crippen molar-refractivity contribution in [1.82, 2.24) is 19.7 Å². The molecule has 112 valence electrons. The number of fused-ring (bicyclic) bond motifs is 1. The molecule has 1 aromatic rings. The van der Waals surface area contributed by atoms with E-state index in [9.17, 15) is 0 Å². The Morgan fingerprint density at radius 2 is 2.00 bits per heavy atom.